The average Bonchev–Trinajstić information content (AvgIpc) is 2.46. The SMILES string of the molecule is CCOC(=O)c1c(C)cc(=O)n(-c2ccccc2C(F)(F)F)c1C. The summed E-state index contributed by atoms with van der Waals surface area (Å²) >= 11 is 0. The molecule has 7 heteroatoms. The number of hydrogen-bond acceptors (Lipinski definition) is 3. The minimum Gasteiger partial charge on any atom is -0.462 e. The fraction of sp³-hybridized carbons (Fsp3) is 0.294. The van der Waals surface area contributed by atoms with Crippen LogP contribution in [0.2, 0.25) is 0 Å². The first-order valence-electron chi connectivity index (χ1n) is 7.25. The van der Waals surface area contributed by atoms with Gasteiger partial charge in [0.25, 0.3) is 5.56 Å². The number of alkyl halides is 3. The fourth-order valence-electron chi connectivity index (χ4n) is 2.60. The Balaban J connectivity index is 2.81. The quantitative estimate of drug-likeness (QED) is 0.802. The molecule has 0 fully saturated rings. The highest BCUT2D eigenvalue weighted by molar-refractivity contribution is 5.92. The van der Waals surface area contributed by atoms with Crippen LogP contribution in [0, 0.1) is 13.8 Å². The zero-order chi connectivity index (χ0) is 18.1. The van der Waals surface area contributed by atoms with E-state index in [2.05, 4.69) is 0 Å². The van der Waals surface area contributed by atoms with Crippen LogP contribution in [0.5, 0.6) is 0 Å². The smallest absolute Gasteiger partial charge is 0.418 e. The van der Waals surface area contributed by atoms with Crippen molar-refractivity contribution in [3.63, 3.8) is 0 Å². The molecule has 0 aliphatic carbocycles. The summed E-state index contributed by atoms with van der Waals surface area (Å²) in [5, 5.41) is 0. The first kappa shape index (κ1) is 17.8. The van der Waals surface area contributed by atoms with Crippen LogP contribution in [-0.2, 0) is 10.9 Å². The van der Waals surface area contributed by atoms with Gasteiger partial charge in [0, 0.05) is 11.8 Å². The van der Waals surface area contributed by atoms with Crippen LogP contribution in [0.25, 0.3) is 5.69 Å². The maximum absolute atomic E-state index is 13.2. The summed E-state index contributed by atoms with van der Waals surface area (Å²) in [6.45, 7) is 4.71. The second-order valence-electron chi connectivity index (χ2n) is 5.20. The molecule has 0 saturated carbocycles. The average molecular weight is 339 g/mol. The number of carbonyl (C=O) groups excluding carboxylic acids is 1. The zero-order valence-electron chi connectivity index (χ0n) is 13.4. The lowest BCUT2D eigenvalue weighted by atomic mass is 10.1. The Morgan fingerprint density at radius 2 is 1.83 bits per heavy atom. The van der Waals surface area contributed by atoms with Gasteiger partial charge in [-0.3, -0.25) is 9.36 Å². The first-order chi connectivity index (χ1) is 11.2. The predicted octanol–water partition coefficient (Wildman–Crippen LogP) is 3.65. The minimum absolute atomic E-state index is 0.0911. The molecule has 4 nitrogen and oxygen atoms in total. The van der Waals surface area contributed by atoms with Crippen LogP contribution < -0.4 is 5.56 Å². The summed E-state index contributed by atoms with van der Waals surface area (Å²) in [5.74, 6) is -0.675. The molecule has 0 N–H and O–H groups in total. The van der Waals surface area contributed by atoms with Gasteiger partial charge in [-0.25, -0.2) is 4.79 Å². The number of benzene rings is 1. The highest BCUT2D eigenvalue weighted by Crippen LogP contribution is 2.34. The number of para-hydroxylation sites is 1. The molecule has 0 saturated heterocycles. The van der Waals surface area contributed by atoms with E-state index in [9.17, 15) is 22.8 Å². The van der Waals surface area contributed by atoms with Gasteiger partial charge in [0.2, 0.25) is 0 Å². The summed E-state index contributed by atoms with van der Waals surface area (Å²) < 4.78 is 45.6. The fourth-order valence-corrected chi connectivity index (χ4v) is 2.60. The molecule has 0 spiro atoms. The first-order valence-corrected chi connectivity index (χ1v) is 7.25. The molecule has 0 bridgehead atoms. The summed E-state index contributed by atoms with van der Waals surface area (Å²) in [5.41, 5.74) is -1.36. The van der Waals surface area contributed by atoms with E-state index in [-0.39, 0.29) is 23.6 Å². The Kier molecular flexibility index (Phi) is 4.82. The summed E-state index contributed by atoms with van der Waals surface area (Å²) in [7, 11) is 0. The van der Waals surface area contributed by atoms with E-state index >= 15 is 0 Å². The van der Waals surface area contributed by atoms with Crippen LogP contribution in [0.15, 0.2) is 35.1 Å². The molecule has 0 amide bonds. The summed E-state index contributed by atoms with van der Waals surface area (Å²) in [6, 6.07) is 5.87. The van der Waals surface area contributed by atoms with E-state index in [4.69, 9.17) is 4.74 Å². The molecule has 0 unspecified atom stereocenters. The number of esters is 1. The topological polar surface area (TPSA) is 48.3 Å². The van der Waals surface area contributed by atoms with Gasteiger partial charge in [-0.05, 0) is 38.5 Å². The molecule has 1 heterocycles. The molecule has 1 aromatic heterocycles. The Hall–Kier alpha value is -2.57. The third-order valence-corrected chi connectivity index (χ3v) is 3.58. The van der Waals surface area contributed by atoms with Crippen molar-refractivity contribution in [2.24, 2.45) is 0 Å². The normalized spacial score (nSPS) is 11.4. The Bertz CT molecular complexity index is 838. The van der Waals surface area contributed by atoms with Crippen molar-refractivity contribution < 1.29 is 22.7 Å². The molecule has 0 radical (unpaired) electrons. The number of hydrogen-bond donors (Lipinski definition) is 0. The lowest BCUT2D eigenvalue weighted by molar-refractivity contribution is -0.137. The molecule has 0 aliphatic rings. The van der Waals surface area contributed by atoms with E-state index in [0.29, 0.717) is 5.56 Å². The molecule has 24 heavy (non-hydrogen) atoms. The van der Waals surface area contributed by atoms with Crippen molar-refractivity contribution in [2.45, 2.75) is 26.9 Å². The lowest BCUT2D eigenvalue weighted by Crippen LogP contribution is -2.26. The lowest BCUT2D eigenvalue weighted by Gasteiger charge is -2.19. The van der Waals surface area contributed by atoms with Crippen molar-refractivity contribution in [2.75, 3.05) is 6.61 Å². The van der Waals surface area contributed by atoms with Gasteiger partial charge in [0.1, 0.15) is 0 Å². The number of nitrogens with zero attached hydrogens (tertiary/aromatic N) is 1. The van der Waals surface area contributed by atoms with Gasteiger partial charge < -0.3 is 4.74 Å². The summed E-state index contributed by atoms with van der Waals surface area (Å²) in [4.78, 5) is 24.4. The minimum atomic E-state index is -4.63. The van der Waals surface area contributed by atoms with Crippen molar-refractivity contribution in [3.05, 3.63) is 63.1 Å². The number of aryl methyl sites for hydroxylation is 1. The Morgan fingerprint density at radius 3 is 2.42 bits per heavy atom. The van der Waals surface area contributed by atoms with Gasteiger partial charge in [-0.2, -0.15) is 13.2 Å². The largest absolute Gasteiger partial charge is 0.462 e. The Labute approximate surface area is 136 Å². The van der Waals surface area contributed by atoms with E-state index in [1.165, 1.54) is 25.1 Å². The van der Waals surface area contributed by atoms with Gasteiger partial charge >= 0.3 is 12.1 Å². The van der Waals surface area contributed by atoms with Crippen LogP contribution >= 0.6 is 0 Å². The van der Waals surface area contributed by atoms with Gasteiger partial charge in [-0.15, -0.1) is 0 Å². The van der Waals surface area contributed by atoms with Gasteiger partial charge in [-0.1, -0.05) is 12.1 Å². The predicted molar refractivity (Wildman–Crippen MR) is 82.5 cm³/mol. The van der Waals surface area contributed by atoms with Crippen molar-refractivity contribution in [1.82, 2.24) is 4.57 Å². The number of aromatic nitrogens is 1. The van der Waals surface area contributed by atoms with E-state index in [0.717, 1.165) is 16.7 Å². The second kappa shape index (κ2) is 6.51. The van der Waals surface area contributed by atoms with E-state index < -0.39 is 23.3 Å². The third-order valence-electron chi connectivity index (χ3n) is 3.58. The number of halogens is 3. The Morgan fingerprint density at radius 1 is 1.21 bits per heavy atom. The third kappa shape index (κ3) is 3.20. The highest BCUT2D eigenvalue weighted by atomic mass is 19.4. The zero-order valence-corrected chi connectivity index (χ0v) is 13.4. The number of ether oxygens (including phenoxy) is 1. The number of rotatable bonds is 3. The van der Waals surface area contributed by atoms with Crippen LogP contribution in [0.3, 0.4) is 0 Å². The van der Waals surface area contributed by atoms with Gasteiger partial charge in [0.15, 0.2) is 0 Å². The highest BCUT2D eigenvalue weighted by Gasteiger charge is 2.34. The molecule has 128 valence electrons. The molecule has 2 rings (SSSR count). The molecular formula is C17H16F3NO3. The standard InChI is InChI=1S/C17H16F3NO3/c1-4-24-16(23)15-10(2)9-14(22)21(11(15)3)13-8-6-5-7-12(13)17(18,19)20/h5-9H,4H2,1-3H3. The van der Waals surface area contributed by atoms with Crippen LogP contribution in [-0.4, -0.2) is 17.1 Å². The summed E-state index contributed by atoms with van der Waals surface area (Å²) in [6.07, 6.45) is -4.63. The van der Waals surface area contributed by atoms with Crippen LogP contribution in [0.4, 0.5) is 13.2 Å². The van der Waals surface area contributed by atoms with Crippen molar-refractivity contribution in [3.8, 4) is 5.69 Å². The number of pyridine rings is 1. The van der Waals surface area contributed by atoms with Gasteiger partial charge in [0.05, 0.1) is 23.4 Å². The van der Waals surface area contributed by atoms with E-state index in [1.807, 2.05) is 0 Å². The maximum Gasteiger partial charge on any atom is 0.418 e. The number of carbonyl (C=O) groups is 1. The van der Waals surface area contributed by atoms with E-state index in [1.54, 1.807) is 13.8 Å². The molecule has 0 atom stereocenters. The second-order valence-corrected chi connectivity index (χ2v) is 5.20. The molecule has 0 aliphatic heterocycles. The maximum atomic E-state index is 13.2. The molecule has 2 aromatic rings. The van der Waals surface area contributed by atoms with Crippen molar-refractivity contribution >= 4 is 5.97 Å². The molecular weight excluding hydrogens is 323 g/mol. The van der Waals surface area contributed by atoms with Crippen LogP contribution in [0.1, 0.15) is 34.1 Å². The molecule has 1 aromatic carbocycles. The monoisotopic (exact) mass is 339 g/mol. The van der Waals surface area contributed by atoms with Crippen molar-refractivity contribution in [1.29, 1.82) is 0 Å².